The third kappa shape index (κ3) is 22.6. The number of hydrogen-bond acceptors (Lipinski definition) is 15. The molecule has 396 valence electrons. The van der Waals surface area contributed by atoms with Gasteiger partial charge in [-0.3, -0.25) is 53.3 Å². The van der Waals surface area contributed by atoms with Crippen molar-refractivity contribution in [2.75, 3.05) is 39.3 Å². The first-order valence-corrected chi connectivity index (χ1v) is 23.8. The lowest BCUT2D eigenvalue weighted by molar-refractivity contribution is -0.144. The topological polar surface area (TPSA) is 398 Å². The number of carboxylic acid groups (broad SMARTS) is 1. The highest BCUT2D eigenvalue weighted by atomic mass is 16.4. The molecule has 0 spiro atoms. The number of hydrogen-bond donors (Lipinski definition) is 14. The maximum absolute atomic E-state index is 13.5. The molecule has 2 aliphatic rings. The lowest BCUT2D eigenvalue weighted by atomic mass is 10.0. The van der Waals surface area contributed by atoms with Crippen molar-refractivity contribution >= 4 is 65.0 Å². The summed E-state index contributed by atoms with van der Waals surface area (Å²) in [5.41, 5.74) is 5.29. The van der Waals surface area contributed by atoms with E-state index in [0.29, 0.717) is 25.8 Å². The number of unbranched alkanes of at least 4 members (excludes halogenated alkanes) is 1. The molecule has 9 atom stereocenters. The molecular formula is C44H76N12O14. The van der Waals surface area contributed by atoms with Gasteiger partial charge in [-0.1, -0.05) is 27.7 Å². The Morgan fingerprint density at radius 3 is 1.83 bits per heavy atom. The fourth-order valence-corrected chi connectivity index (χ4v) is 7.67. The Morgan fingerprint density at radius 1 is 0.671 bits per heavy atom. The van der Waals surface area contributed by atoms with Crippen molar-refractivity contribution < 1.29 is 68.1 Å². The number of β-amino-alcohol motifs (C(OH)–C–C–N with tert-alkyl or cyclic N) is 1. The van der Waals surface area contributed by atoms with Gasteiger partial charge in [-0.15, -0.1) is 0 Å². The van der Waals surface area contributed by atoms with E-state index in [1.807, 2.05) is 0 Å². The number of carboxylic acids is 1. The first-order chi connectivity index (χ1) is 32.9. The molecule has 70 heavy (non-hydrogen) atoms. The molecule has 26 heteroatoms. The standard InChI is InChI=1S/C44H76N12O14/c1-23(2)16-31(55-41(66)28(12-13-34(45)59)52-35(60)20-48-39(64)30-18-27(58)19-47-30)40(65)49-21-36(61)53-32(17-24(3)4)42(67)51-25(5)38(63)50-22-37(62)56-15-9-11-33(56)43(68)54-29(44(69)70)10-7-8-14-46-26(6)57/h23-33,46-47,57-58H,7-22H2,1-6H3,(H2,45,59)(H,48,64)(H,49,65)(H,50,63)(H,51,67)(H,52,60)(H,53,61)(H,54,68)(H,55,66)(H,69,70)/t25-,26?,27+,28-,29-,30-,31-,32-,33-/m0/s1. The van der Waals surface area contributed by atoms with Gasteiger partial charge in [0.05, 0.1) is 31.8 Å². The number of aliphatic hydroxyl groups is 2. The van der Waals surface area contributed by atoms with Crippen molar-refractivity contribution in [2.24, 2.45) is 17.6 Å². The number of primary amides is 1. The summed E-state index contributed by atoms with van der Waals surface area (Å²) in [5, 5.41) is 54.1. The summed E-state index contributed by atoms with van der Waals surface area (Å²) in [6, 6.07) is -7.81. The van der Waals surface area contributed by atoms with Crippen LogP contribution in [0.5, 0.6) is 0 Å². The van der Waals surface area contributed by atoms with Crippen molar-refractivity contribution in [3.05, 3.63) is 0 Å². The Labute approximate surface area is 407 Å². The third-order valence-corrected chi connectivity index (χ3v) is 11.3. The summed E-state index contributed by atoms with van der Waals surface area (Å²) in [7, 11) is 0. The zero-order valence-corrected chi connectivity index (χ0v) is 41.0. The smallest absolute Gasteiger partial charge is 0.326 e. The Morgan fingerprint density at radius 2 is 1.26 bits per heavy atom. The number of aliphatic carboxylic acids is 1. The van der Waals surface area contributed by atoms with Gasteiger partial charge >= 0.3 is 5.97 Å². The minimum Gasteiger partial charge on any atom is -0.480 e. The van der Waals surface area contributed by atoms with E-state index in [1.54, 1.807) is 34.6 Å². The second kappa shape index (κ2) is 30.6. The molecule has 0 radical (unpaired) electrons. The minimum absolute atomic E-state index is 0.0861. The average Bonchev–Trinajstić information content (AvgIpc) is 3.96. The zero-order chi connectivity index (χ0) is 52.7. The maximum Gasteiger partial charge on any atom is 0.326 e. The van der Waals surface area contributed by atoms with Crippen molar-refractivity contribution in [3.63, 3.8) is 0 Å². The van der Waals surface area contributed by atoms with Crippen LogP contribution in [0.4, 0.5) is 0 Å². The summed E-state index contributed by atoms with van der Waals surface area (Å²) in [5.74, 6) is -8.75. The molecular weight excluding hydrogens is 921 g/mol. The van der Waals surface area contributed by atoms with Crippen LogP contribution in [-0.4, -0.2) is 179 Å². The quantitative estimate of drug-likeness (QED) is 0.0229. The van der Waals surface area contributed by atoms with E-state index in [1.165, 1.54) is 11.8 Å². The lowest BCUT2D eigenvalue weighted by Gasteiger charge is -2.26. The zero-order valence-electron chi connectivity index (χ0n) is 41.0. The number of carbonyl (C=O) groups excluding carboxylic acids is 10. The number of carbonyl (C=O) groups is 11. The van der Waals surface area contributed by atoms with Crippen molar-refractivity contribution in [2.45, 2.75) is 160 Å². The molecule has 10 amide bonds. The van der Waals surface area contributed by atoms with Crippen LogP contribution >= 0.6 is 0 Å². The largest absolute Gasteiger partial charge is 0.480 e. The SMILES string of the molecule is CC(C)C[C@H](NC(=O)CNC(=O)[C@H](CC(C)C)NC(=O)[C@H](CCC(N)=O)NC(=O)CNC(=O)[C@@H]1C[C@@H](O)CN1)C(=O)N[C@@H](C)C(=O)NCC(=O)N1CCC[C@H]1C(=O)N[C@@H](CCCCNC(C)O)C(=O)O. The number of nitrogens with two attached hydrogens (primary N) is 1. The number of nitrogens with one attached hydrogen (secondary N) is 10. The first kappa shape index (κ1) is 60.1. The molecule has 2 rings (SSSR count). The molecule has 2 fully saturated rings. The Bertz CT molecular complexity index is 1830. The summed E-state index contributed by atoms with van der Waals surface area (Å²) in [6.07, 6.45) is 0.273. The Hall–Kier alpha value is -5.99. The molecule has 0 aromatic rings. The van der Waals surface area contributed by atoms with Gasteiger partial charge in [0.25, 0.3) is 0 Å². The Kier molecular flexibility index (Phi) is 26.3. The van der Waals surface area contributed by atoms with E-state index >= 15 is 0 Å². The molecule has 1 unspecified atom stereocenters. The predicted octanol–water partition coefficient (Wildman–Crippen LogP) is -4.97. The highest BCUT2D eigenvalue weighted by Crippen LogP contribution is 2.18. The molecule has 26 nitrogen and oxygen atoms in total. The molecule has 0 aromatic heterocycles. The van der Waals surface area contributed by atoms with E-state index in [9.17, 15) is 68.1 Å². The van der Waals surface area contributed by atoms with Gasteiger partial charge in [-0.2, -0.15) is 0 Å². The third-order valence-electron chi connectivity index (χ3n) is 11.3. The Balaban J connectivity index is 1.96. The fourth-order valence-electron chi connectivity index (χ4n) is 7.67. The van der Waals surface area contributed by atoms with Crippen LogP contribution in [-0.2, 0) is 52.7 Å². The first-order valence-electron chi connectivity index (χ1n) is 23.8. The second-order valence-corrected chi connectivity index (χ2v) is 18.6. The summed E-state index contributed by atoms with van der Waals surface area (Å²) >= 11 is 0. The van der Waals surface area contributed by atoms with Gasteiger partial charge in [-0.05, 0) is 90.0 Å². The van der Waals surface area contributed by atoms with E-state index in [-0.39, 0.29) is 69.9 Å². The minimum atomic E-state index is -1.35. The van der Waals surface area contributed by atoms with Gasteiger partial charge in [-0.25, -0.2) is 4.79 Å². The van der Waals surface area contributed by atoms with Crippen LogP contribution in [0.3, 0.4) is 0 Å². The van der Waals surface area contributed by atoms with Gasteiger partial charge < -0.3 is 73.8 Å². The number of aliphatic hydroxyl groups excluding tert-OH is 2. The molecule has 0 saturated carbocycles. The van der Waals surface area contributed by atoms with Crippen LogP contribution in [0.15, 0.2) is 0 Å². The average molecular weight is 997 g/mol. The van der Waals surface area contributed by atoms with Crippen LogP contribution in [0, 0.1) is 11.8 Å². The van der Waals surface area contributed by atoms with Gasteiger partial charge in [0.2, 0.25) is 59.1 Å². The maximum atomic E-state index is 13.5. The van der Waals surface area contributed by atoms with Crippen molar-refractivity contribution in [3.8, 4) is 0 Å². The lowest BCUT2D eigenvalue weighted by Crippen LogP contribution is -2.57. The number of rotatable bonds is 31. The fraction of sp³-hybridized carbons (Fsp3) is 0.750. The van der Waals surface area contributed by atoms with E-state index in [4.69, 9.17) is 5.73 Å². The molecule has 0 bridgehead atoms. The predicted molar refractivity (Wildman–Crippen MR) is 250 cm³/mol. The molecule has 2 heterocycles. The van der Waals surface area contributed by atoms with Gasteiger partial charge in [0.15, 0.2) is 0 Å². The highest BCUT2D eigenvalue weighted by molar-refractivity contribution is 5.97. The van der Waals surface area contributed by atoms with E-state index in [0.717, 1.165) is 0 Å². The molecule has 15 N–H and O–H groups in total. The summed E-state index contributed by atoms with van der Waals surface area (Å²) in [4.78, 5) is 143. The van der Waals surface area contributed by atoms with E-state index < -0.39 is 139 Å². The summed E-state index contributed by atoms with van der Waals surface area (Å²) in [6.45, 7) is 9.21. The van der Waals surface area contributed by atoms with Crippen LogP contribution in [0.25, 0.3) is 0 Å². The second-order valence-electron chi connectivity index (χ2n) is 18.6. The van der Waals surface area contributed by atoms with Crippen LogP contribution in [0.1, 0.15) is 106 Å². The molecule has 2 saturated heterocycles. The van der Waals surface area contributed by atoms with Crippen LogP contribution in [0.2, 0.25) is 0 Å². The number of amides is 10. The van der Waals surface area contributed by atoms with Crippen molar-refractivity contribution in [1.82, 2.24) is 58.1 Å². The molecule has 2 aliphatic heterocycles. The van der Waals surface area contributed by atoms with Crippen LogP contribution < -0.4 is 58.9 Å². The number of nitrogens with zero attached hydrogens (tertiary/aromatic N) is 1. The normalized spacial score (nSPS) is 19.1. The highest BCUT2D eigenvalue weighted by Gasteiger charge is 2.37. The monoisotopic (exact) mass is 997 g/mol. The number of likely N-dealkylation sites (tertiary alicyclic amines) is 1. The molecule has 0 aromatic carbocycles. The summed E-state index contributed by atoms with van der Waals surface area (Å²) < 4.78 is 0. The van der Waals surface area contributed by atoms with Gasteiger partial charge in [0.1, 0.15) is 42.5 Å². The molecule has 0 aliphatic carbocycles. The van der Waals surface area contributed by atoms with E-state index in [2.05, 4.69) is 53.2 Å². The van der Waals surface area contributed by atoms with Crippen molar-refractivity contribution in [1.29, 1.82) is 0 Å². The van der Waals surface area contributed by atoms with Gasteiger partial charge in [0, 0.05) is 19.5 Å².